The fraction of sp³-hybridized carbons (Fsp3) is 0.263. The summed E-state index contributed by atoms with van der Waals surface area (Å²) in [4.78, 5) is 17.9. The van der Waals surface area contributed by atoms with Gasteiger partial charge in [0.05, 0.1) is 18.0 Å². The number of benzene rings is 1. The van der Waals surface area contributed by atoms with E-state index in [1.165, 1.54) is 6.92 Å². The molecule has 136 valence electrons. The smallest absolute Gasteiger partial charge is 0.219 e. The molecule has 0 bridgehead atoms. The van der Waals surface area contributed by atoms with Crippen LogP contribution in [0.5, 0.6) is 5.75 Å². The summed E-state index contributed by atoms with van der Waals surface area (Å²) in [6, 6.07) is 11.7. The number of anilines is 1. The van der Waals surface area contributed by atoms with Crippen molar-refractivity contribution in [1.82, 2.24) is 10.3 Å². The van der Waals surface area contributed by atoms with E-state index in [1.807, 2.05) is 41.8 Å². The summed E-state index contributed by atoms with van der Waals surface area (Å²) in [5.74, 6) is 1.23. The van der Waals surface area contributed by atoms with Gasteiger partial charge in [-0.25, -0.2) is 0 Å². The summed E-state index contributed by atoms with van der Waals surface area (Å²) < 4.78 is 5.94. The lowest BCUT2D eigenvalue weighted by Gasteiger charge is -2.30. The number of para-hydroxylation sites is 2. The van der Waals surface area contributed by atoms with Gasteiger partial charge in [-0.3, -0.25) is 9.78 Å². The van der Waals surface area contributed by atoms with Crippen molar-refractivity contribution in [3.8, 4) is 5.75 Å². The first-order valence-corrected chi connectivity index (χ1v) is 9.78. The van der Waals surface area contributed by atoms with Crippen LogP contribution in [-0.2, 0) is 4.79 Å². The SMILES string of the molecule is CC(=O)NC1SC=C(c2ccncc2)N1c1ccccc1OCCCCl. The van der Waals surface area contributed by atoms with E-state index in [1.54, 1.807) is 24.2 Å². The standard InChI is InChI=1S/C19H20ClN3O2S/c1-14(24)22-19-23(17(13-26-19)15-7-10-21-11-8-15)16-5-2-3-6-18(16)25-12-4-9-20/h2-3,5-8,10-11,13,19H,4,9,12H2,1H3,(H,22,24). The molecule has 0 fully saturated rings. The number of amides is 1. The van der Waals surface area contributed by atoms with Crippen molar-refractivity contribution in [2.24, 2.45) is 0 Å². The van der Waals surface area contributed by atoms with E-state index in [-0.39, 0.29) is 11.4 Å². The highest BCUT2D eigenvalue weighted by molar-refractivity contribution is 8.03. The third kappa shape index (κ3) is 4.31. The van der Waals surface area contributed by atoms with Crippen molar-refractivity contribution < 1.29 is 9.53 Å². The lowest BCUT2D eigenvalue weighted by atomic mass is 10.1. The number of nitrogens with zero attached hydrogens (tertiary/aromatic N) is 2. The van der Waals surface area contributed by atoms with Gasteiger partial charge in [0, 0.05) is 30.8 Å². The van der Waals surface area contributed by atoms with Crippen molar-refractivity contribution in [3.63, 3.8) is 0 Å². The number of hydrogen-bond donors (Lipinski definition) is 1. The molecule has 2 heterocycles. The van der Waals surface area contributed by atoms with E-state index in [0.29, 0.717) is 12.5 Å². The monoisotopic (exact) mass is 389 g/mol. The second-order valence-corrected chi connectivity index (χ2v) is 6.99. The third-order valence-corrected chi connectivity index (χ3v) is 4.98. The van der Waals surface area contributed by atoms with Gasteiger partial charge in [-0.05, 0) is 36.1 Å². The highest BCUT2D eigenvalue weighted by atomic mass is 35.5. The normalized spacial score (nSPS) is 16.3. The zero-order valence-electron chi connectivity index (χ0n) is 14.4. The lowest BCUT2D eigenvalue weighted by Crippen LogP contribution is -2.42. The van der Waals surface area contributed by atoms with E-state index in [4.69, 9.17) is 16.3 Å². The van der Waals surface area contributed by atoms with Crippen molar-refractivity contribution in [2.45, 2.75) is 18.8 Å². The van der Waals surface area contributed by atoms with Crippen LogP contribution in [0.15, 0.2) is 54.2 Å². The third-order valence-electron chi connectivity index (χ3n) is 3.77. The topological polar surface area (TPSA) is 54.5 Å². The van der Waals surface area contributed by atoms with Gasteiger partial charge in [0.1, 0.15) is 5.75 Å². The first-order chi connectivity index (χ1) is 12.7. The molecule has 0 spiro atoms. The fourth-order valence-corrected chi connectivity index (χ4v) is 3.85. The molecule has 2 aromatic rings. The van der Waals surface area contributed by atoms with Crippen LogP contribution in [-0.4, -0.2) is 28.9 Å². The molecule has 3 rings (SSSR count). The first kappa shape index (κ1) is 18.6. The Kier molecular flexibility index (Phi) is 6.41. The molecule has 0 aliphatic carbocycles. The molecule has 1 aliphatic rings. The Morgan fingerprint density at radius 3 is 2.81 bits per heavy atom. The molecular weight excluding hydrogens is 370 g/mol. The van der Waals surface area contributed by atoms with Crippen LogP contribution in [0, 0.1) is 0 Å². The van der Waals surface area contributed by atoms with Crippen molar-refractivity contribution in [3.05, 3.63) is 59.8 Å². The van der Waals surface area contributed by atoms with E-state index in [9.17, 15) is 4.79 Å². The zero-order chi connectivity index (χ0) is 18.4. The largest absolute Gasteiger partial charge is 0.491 e. The molecule has 1 N–H and O–H groups in total. The summed E-state index contributed by atoms with van der Waals surface area (Å²) in [6.07, 6.45) is 4.29. The number of aromatic nitrogens is 1. The Labute approximate surface area is 162 Å². The predicted octanol–water partition coefficient (Wildman–Crippen LogP) is 4.06. The highest BCUT2D eigenvalue weighted by Gasteiger charge is 2.31. The number of ether oxygens (including phenoxy) is 1. The van der Waals surface area contributed by atoms with Crippen molar-refractivity contribution in [1.29, 1.82) is 0 Å². The summed E-state index contributed by atoms with van der Waals surface area (Å²) >= 11 is 7.31. The molecule has 1 unspecified atom stereocenters. The van der Waals surface area contributed by atoms with Crippen LogP contribution in [0.25, 0.3) is 5.70 Å². The van der Waals surface area contributed by atoms with Gasteiger partial charge in [-0.15, -0.1) is 11.6 Å². The predicted molar refractivity (Wildman–Crippen MR) is 107 cm³/mol. The van der Waals surface area contributed by atoms with Gasteiger partial charge >= 0.3 is 0 Å². The van der Waals surface area contributed by atoms with Gasteiger partial charge in [0.25, 0.3) is 0 Å². The molecule has 1 aromatic heterocycles. The van der Waals surface area contributed by atoms with Crippen LogP contribution in [0.1, 0.15) is 18.9 Å². The van der Waals surface area contributed by atoms with E-state index in [2.05, 4.69) is 15.2 Å². The number of carbonyl (C=O) groups is 1. The minimum atomic E-state index is -0.242. The zero-order valence-corrected chi connectivity index (χ0v) is 16.0. The fourth-order valence-electron chi connectivity index (χ4n) is 2.65. The first-order valence-electron chi connectivity index (χ1n) is 8.31. The Morgan fingerprint density at radius 2 is 2.08 bits per heavy atom. The molecule has 7 heteroatoms. The van der Waals surface area contributed by atoms with Gasteiger partial charge < -0.3 is 15.0 Å². The molecule has 0 saturated carbocycles. The molecule has 1 amide bonds. The molecule has 5 nitrogen and oxygen atoms in total. The van der Waals surface area contributed by atoms with E-state index in [0.717, 1.165) is 29.1 Å². The van der Waals surface area contributed by atoms with Crippen molar-refractivity contribution in [2.75, 3.05) is 17.4 Å². The number of alkyl halides is 1. The number of pyridine rings is 1. The number of thioether (sulfide) groups is 1. The quantitative estimate of drug-likeness (QED) is 0.571. The highest BCUT2D eigenvalue weighted by Crippen LogP contribution is 2.43. The van der Waals surface area contributed by atoms with Gasteiger partial charge in [0.2, 0.25) is 5.91 Å². The summed E-state index contributed by atoms with van der Waals surface area (Å²) in [7, 11) is 0. The molecular formula is C19H20ClN3O2S. The van der Waals surface area contributed by atoms with Gasteiger partial charge in [-0.2, -0.15) is 0 Å². The molecule has 26 heavy (non-hydrogen) atoms. The van der Waals surface area contributed by atoms with Crippen LogP contribution < -0.4 is 15.0 Å². The molecule has 1 aliphatic heterocycles. The van der Waals surface area contributed by atoms with E-state index < -0.39 is 0 Å². The molecule has 1 aromatic carbocycles. The average molecular weight is 390 g/mol. The lowest BCUT2D eigenvalue weighted by molar-refractivity contribution is -0.119. The maximum absolute atomic E-state index is 11.7. The molecule has 0 saturated heterocycles. The minimum absolute atomic E-state index is 0.0857. The second-order valence-electron chi connectivity index (χ2n) is 5.66. The Hall–Kier alpha value is -2.18. The number of rotatable bonds is 7. The number of hydrogen-bond acceptors (Lipinski definition) is 5. The Morgan fingerprint density at radius 1 is 1.31 bits per heavy atom. The summed E-state index contributed by atoms with van der Waals surface area (Å²) in [5, 5.41) is 5.04. The maximum atomic E-state index is 11.7. The second kappa shape index (κ2) is 8.96. The number of nitrogens with one attached hydrogen (secondary N) is 1. The number of carbonyl (C=O) groups excluding carboxylic acids is 1. The number of halogens is 1. The van der Waals surface area contributed by atoms with Gasteiger partial charge in [-0.1, -0.05) is 23.9 Å². The molecule has 1 atom stereocenters. The average Bonchev–Trinajstić information content (AvgIpc) is 3.06. The summed E-state index contributed by atoms with van der Waals surface area (Å²) in [6.45, 7) is 2.06. The van der Waals surface area contributed by atoms with Crippen LogP contribution in [0.3, 0.4) is 0 Å². The van der Waals surface area contributed by atoms with Gasteiger partial charge in [0.15, 0.2) is 5.50 Å². The van der Waals surface area contributed by atoms with E-state index >= 15 is 0 Å². The Bertz CT molecular complexity index is 785. The van der Waals surface area contributed by atoms with Crippen molar-refractivity contribution >= 4 is 40.7 Å². The maximum Gasteiger partial charge on any atom is 0.219 e. The van der Waals surface area contributed by atoms with Crippen LogP contribution >= 0.6 is 23.4 Å². The molecule has 0 radical (unpaired) electrons. The minimum Gasteiger partial charge on any atom is -0.491 e. The van der Waals surface area contributed by atoms with Crippen LogP contribution in [0.4, 0.5) is 5.69 Å². The summed E-state index contributed by atoms with van der Waals surface area (Å²) in [5.41, 5.74) is 2.67. The Balaban J connectivity index is 1.96. The van der Waals surface area contributed by atoms with Crippen LogP contribution in [0.2, 0.25) is 0 Å².